The number of ether oxygens (including phenoxy) is 2. The summed E-state index contributed by atoms with van der Waals surface area (Å²) in [6.45, 7) is 1.36. The molecule has 0 saturated carbocycles. The van der Waals surface area contributed by atoms with Crippen LogP contribution in [0.4, 0.5) is 13.2 Å². The highest BCUT2D eigenvalue weighted by Gasteiger charge is 2.34. The molecular weight excluding hydrogens is 279 g/mol. The van der Waals surface area contributed by atoms with E-state index in [0.717, 1.165) is 6.07 Å². The maximum Gasteiger partial charge on any atom is 0.573 e. The van der Waals surface area contributed by atoms with E-state index in [4.69, 9.17) is 5.26 Å². The molecule has 0 aromatic heterocycles. The van der Waals surface area contributed by atoms with Crippen LogP contribution in [0.15, 0.2) is 12.1 Å². The number of hydrogen-bond donors (Lipinski definition) is 0. The maximum atomic E-state index is 12.3. The van der Waals surface area contributed by atoms with Crippen LogP contribution < -0.4 is 4.74 Å². The minimum Gasteiger partial charge on any atom is -0.462 e. The van der Waals surface area contributed by atoms with Crippen LogP contribution >= 0.6 is 0 Å². The van der Waals surface area contributed by atoms with Gasteiger partial charge in [0, 0.05) is 5.56 Å². The van der Waals surface area contributed by atoms with Gasteiger partial charge in [-0.3, -0.25) is 4.79 Å². The van der Waals surface area contributed by atoms with E-state index in [2.05, 4.69) is 9.47 Å². The molecule has 0 saturated heterocycles. The lowest BCUT2D eigenvalue weighted by Crippen LogP contribution is -2.20. The van der Waals surface area contributed by atoms with E-state index in [1.54, 1.807) is 0 Å². The summed E-state index contributed by atoms with van der Waals surface area (Å²) in [7, 11) is 0. The van der Waals surface area contributed by atoms with E-state index in [0.29, 0.717) is 6.07 Å². The van der Waals surface area contributed by atoms with Crippen molar-refractivity contribution < 1.29 is 32.2 Å². The van der Waals surface area contributed by atoms with Crippen LogP contribution in [0.2, 0.25) is 0 Å². The van der Waals surface area contributed by atoms with E-state index in [-0.39, 0.29) is 18.5 Å². The minimum absolute atomic E-state index is 0.0927. The number of carbonyl (C=O) groups is 2. The van der Waals surface area contributed by atoms with Crippen LogP contribution in [0, 0.1) is 11.3 Å². The first-order valence-electron chi connectivity index (χ1n) is 5.28. The van der Waals surface area contributed by atoms with E-state index in [1.165, 1.54) is 13.0 Å². The van der Waals surface area contributed by atoms with E-state index >= 15 is 0 Å². The molecule has 0 radical (unpaired) electrons. The Kier molecular flexibility index (Phi) is 4.69. The van der Waals surface area contributed by atoms with Crippen LogP contribution in [0.25, 0.3) is 0 Å². The number of hydrogen-bond acceptors (Lipinski definition) is 5. The Morgan fingerprint density at radius 2 is 2.10 bits per heavy atom. The second-order valence-corrected chi connectivity index (χ2v) is 3.44. The Balaban J connectivity index is 3.47. The summed E-state index contributed by atoms with van der Waals surface area (Å²) in [5.41, 5.74) is -1.33. The second kappa shape index (κ2) is 6.06. The van der Waals surface area contributed by atoms with Gasteiger partial charge < -0.3 is 9.47 Å². The van der Waals surface area contributed by atoms with Crippen molar-refractivity contribution in [2.45, 2.75) is 13.3 Å². The molecule has 0 bridgehead atoms. The molecule has 1 aromatic carbocycles. The summed E-state index contributed by atoms with van der Waals surface area (Å²) in [5, 5.41) is 8.87. The zero-order valence-electron chi connectivity index (χ0n) is 10.2. The Labute approximate surface area is 111 Å². The molecule has 0 fully saturated rings. The Morgan fingerprint density at radius 3 is 2.55 bits per heavy atom. The summed E-state index contributed by atoms with van der Waals surface area (Å²) < 4.78 is 45.1. The Hall–Kier alpha value is -2.56. The van der Waals surface area contributed by atoms with Gasteiger partial charge in [0.15, 0.2) is 0 Å². The van der Waals surface area contributed by atoms with Gasteiger partial charge in [-0.25, -0.2) is 4.79 Å². The van der Waals surface area contributed by atoms with Crippen molar-refractivity contribution in [1.29, 1.82) is 5.26 Å². The number of carbonyl (C=O) groups excluding carboxylic acids is 2. The van der Waals surface area contributed by atoms with Crippen molar-refractivity contribution in [3.63, 3.8) is 0 Å². The second-order valence-electron chi connectivity index (χ2n) is 3.44. The molecule has 0 aliphatic heterocycles. The predicted octanol–water partition coefficient (Wildman–Crippen LogP) is 2.45. The van der Waals surface area contributed by atoms with Gasteiger partial charge in [0.05, 0.1) is 12.2 Å². The molecule has 20 heavy (non-hydrogen) atoms. The molecule has 0 aliphatic carbocycles. The molecule has 1 rings (SSSR count). The zero-order chi connectivity index (χ0) is 15.3. The smallest absolute Gasteiger partial charge is 0.462 e. The van der Waals surface area contributed by atoms with Gasteiger partial charge in [-0.05, 0) is 19.1 Å². The number of benzene rings is 1. The SMILES string of the molecule is CCOC(=O)c1c(C#N)cc(C=O)cc1OC(F)(F)F. The van der Waals surface area contributed by atoms with Gasteiger partial charge in [0.25, 0.3) is 0 Å². The van der Waals surface area contributed by atoms with Crippen LogP contribution in [-0.2, 0) is 4.74 Å². The third-order valence-corrected chi connectivity index (χ3v) is 2.09. The Bertz CT molecular complexity index is 575. The fraction of sp³-hybridized carbons (Fsp3) is 0.250. The fourth-order valence-electron chi connectivity index (χ4n) is 1.41. The molecule has 0 heterocycles. The Morgan fingerprint density at radius 1 is 1.45 bits per heavy atom. The summed E-state index contributed by atoms with van der Waals surface area (Å²) in [6, 6.07) is 3.22. The van der Waals surface area contributed by atoms with Crippen molar-refractivity contribution in [1.82, 2.24) is 0 Å². The van der Waals surface area contributed by atoms with Crippen LogP contribution in [0.1, 0.15) is 33.2 Å². The third-order valence-electron chi connectivity index (χ3n) is 2.09. The molecule has 0 atom stereocenters. The van der Waals surface area contributed by atoms with E-state index in [1.807, 2.05) is 0 Å². The monoisotopic (exact) mass is 287 g/mol. The molecule has 1 aromatic rings. The topological polar surface area (TPSA) is 76.4 Å². The summed E-state index contributed by atoms with van der Waals surface area (Å²) in [6.07, 6.45) is -4.84. The third kappa shape index (κ3) is 3.71. The molecule has 0 amide bonds. The summed E-state index contributed by atoms with van der Waals surface area (Å²) in [4.78, 5) is 22.3. The first-order valence-corrected chi connectivity index (χ1v) is 5.28. The zero-order valence-corrected chi connectivity index (χ0v) is 10.2. The van der Waals surface area contributed by atoms with Crippen molar-refractivity contribution in [3.05, 3.63) is 28.8 Å². The van der Waals surface area contributed by atoms with Crippen molar-refractivity contribution in [2.24, 2.45) is 0 Å². The molecule has 0 N–H and O–H groups in total. The molecular formula is C12H8F3NO4. The number of halogens is 3. The fourth-order valence-corrected chi connectivity index (χ4v) is 1.41. The lowest BCUT2D eigenvalue weighted by atomic mass is 10.0. The van der Waals surface area contributed by atoms with Gasteiger partial charge in [0.2, 0.25) is 0 Å². The molecule has 5 nitrogen and oxygen atoms in total. The van der Waals surface area contributed by atoms with Crippen LogP contribution in [-0.4, -0.2) is 25.2 Å². The first-order chi connectivity index (χ1) is 9.32. The average Bonchev–Trinajstić information content (AvgIpc) is 2.35. The van der Waals surface area contributed by atoms with Gasteiger partial charge in [-0.15, -0.1) is 13.2 Å². The van der Waals surface area contributed by atoms with Gasteiger partial charge in [0.1, 0.15) is 23.7 Å². The number of aldehydes is 1. The van der Waals surface area contributed by atoms with E-state index < -0.39 is 29.2 Å². The van der Waals surface area contributed by atoms with Crippen LogP contribution in [0.3, 0.4) is 0 Å². The van der Waals surface area contributed by atoms with Gasteiger partial charge >= 0.3 is 12.3 Å². The number of esters is 1. The largest absolute Gasteiger partial charge is 0.573 e. The molecule has 0 spiro atoms. The number of nitriles is 1. The molecule has 0 unspecified atom stereocenters. The van der Waals surface area contributed by atoms with Gasteiger partial charge in [-0.1, -0.05) is 0 Å². The quantitative estimate of drug-likeness (QED) is 0.628. The summed E-state index contributed by atoms with van der Waals surface area (Å²) >= 11 is 0. The molecule has 106 valence electrons. The lowest BCUT2D eigenvalue weighted by Gasteiger charge is -2.14. The maximum absolute atomic E-state index is 12.3. The average molecular weight is 287 g/mol. The molecule has 0 aliphatic rings. The normalized spacial score (nSPS) is 10.6. The lowest BCUT2D eigenvalue weighted by molar-refractivity contribution is -0.274. The highest BCUT2D eigenvalue weighted by molar-refractivity contribution is 5.96. The van der Waals surface area contributed by atoms with Gasteiger partial charge in [-0.2, -0.15) is 5.26 Å². The van der Waals surface area contributed by atoms with E-state index in [9.17, 15) is 22.8 Å². The first kappa shape index (κ1) is 15.5. The van der Waals surface area contributed by atoms with Crippen molar-refractivity contribution in [3.8, 4) is 11.8 Å². The number of alkyl halides is 3. The summed E-state index contributed by atoms with van der Waals surface area (Å²) in [5.74, 6) is -2.09. The highest BCUT2D eigenvalue weighted by Crippen LogP contribution is 2.30. The minimum atomic E-state index is -5.07. The van der Waals surface area contributed by atoms with Crippen molar-refractivity contribution in [2.75, 3.05) is 6.61 Å². The predicted molar refractivity (Wildman–Crippen MR) is 59.2 cm³/mol. The molecule has 8 heteroatoms. The number of rotatable bonds is 4. The highest BCUT2D eigenvalue weighted by atomic mass is 19.4. The number of nitrogens with zero attached hydrogens (tertiary/aromatic N) is 1. The standard InChI is InChI=1S/C12H8F3NO4/c1-2-19-11(18)10-8(5-16)3-7(6-17)4-9(10)20-12(13,14)15/h3-4,6H,2H2,1H3. The van der Waals surface area contributed by atoms with Crippen molar-refractivity contribution >= 4 is 12.3 Å². The van der Waals surface area contributed by atoms with Crippen LogP contribution in [0.5, 0.6) is 5.75 Å².